The van der Waals surface area contributed by atoms with Crippen LogP contribution in [0, 0.1) is 11.8 Å². The number of carbonyl (C=O) groups is 2. The lowest BCUT2D eigenvalue weighted by Gasteiger charge is -2.21. The largest absolute Gasteiger partial charge is 0.404 e. The molecule has 35 heavy (non-hydrogen) atoms. The molecule has 184 valence electrons. The molecule has 0 saturated heterocycles. The summed E-state index contributed by atoms with van der Waals surface area (Å²) in [6.45, 7) is 3.30. The quantitative estimate of drug-likeness (QED) is 0.346. The summed E-state index contributed by atoms with van der Waals surface area (Å²) in [7, 11) is 3.61. The van der Waals surface area contributed by atoms with Crippen LogP contribution in [-0.4, -0.2) is 54.4 Å². The van der Waals surface area contributed by atoms with Crippen molar-refractivity contribution < 1.29 is 14.7 Å². The Kier molecular flexibility index (Phi) is 10.3. The lowest BCUT2D eigenvalue weighted by atomic mass is 10.0. The minimum Gasteiger partial charge on any atom is -0.404 e. The Bertz CT molecular complexity index is 1120. The van der Waals surface area contributed by atoms with Crippen LogP contribution in [0.5, 0.6) is 0 Å². The molecule has 3 rings (SSSR count). The lowest BCUT2D eigenvalue weighted by Crippen LogP contribution is -2.42. The van der Waals surface area contributed by atoms with Crippen LogP contribution in [0.25, 0.3) is 0 Å². The highest BCUT2D eigenvalue weighted by Gasteiger charge is 2.26. The maximum atomic E-state index is 12.4. The van der Waals surface area contributed by atoms with Crippen molar-refractivity contribution in [3.63, 3.8) is 0 Å². The van der Waals surface area contributed by atoms with Gasteiger partial charge in [0.05, 0.1) is 6.04 Å². The summed E-state index contributed by atoms with van der Waals surface area (Å²) in [6.07, 6.45) is 9.09. The van der Waals surface area contributed by atoms with Gasteiger partial charge in [0.1, 0.15) is 5.60 Å². The monoisotopic (exact) mass is 475 g/mol. The third-order valence-corrected chi connectivity index (χ3v) is 5.31. The van der Waals surface area contributed by atoms with Gasteiger partial charge in [-0.25, -0.2) is 4.99 Å². The molecule has 0 bridgehead atoms. The Balaban J connectivity index is 0.000000269. The van der Waals surface area contributed by atoms with E-state index in [9.17, 15) is 14.7 Å². The number of aryl methyl sites for hydroxylation is 1. The molecule has 1 unspecified atom stereocenters. The number of aliphatic imine (C=N–C) groups is 1. The van der Waals surface area contributed by atoms with Crippen LogP contribution in [0.15, 0.2) is 59.5 Å². The first-order chi connectivity index (χ1) is 16.7. The molecular weight excluding hydrogens is 442 g/mol. The Labute approximate surface area is 207 Å². The number of nitrogens with zero attached hydrogens (tertiary/aromatic N) is 3. The molecule has 0 aliphatic carbocycles. The van der Waals surface area contributed by atoms with E-state index < -0.39 is 5.60 Å². The van der Waals surface area contributed by atoms with Gasteiger partial charge in [0.2, 0.25) is 12.3 Å². The van der Waals surface area contributed by atoms with Crippen LogP contribution in [0.1, 0.15) is 37.0 Å². The fourth-order valence-corrected chi connectivity index (χ4v) is 3.44. The number of pyridine rings is 1. The average molecular weight is 476 g/mol. The maximum absolute atomic E-state index is 12.4. The molecule has 2 amide bonds. The van der Waals surface area contributed by atoms with Crippen molar-refractivity contribution in [3.05, 3.63) is 71.2 Å². The molecule has 0 spiro atoms. The number of benzene rings is 1. The van der Waals surface area contributed by atoms with Gasteiger partial charge >= 0.3 is 0 Å². The van der Waals surface area contributed by atoms with Gasteiger partial charge in [-0.1, -0.05) is 17.9 Å². The van der Waals surface area contributed by atoms with E-state index in [1.54, 1.807) is 38.2 Å². The van der Waals surface area contributed by atoms with Crippen molar-refractivity contribution in [1.82, 2.24) is 10.3 Å². The lowest BCUT2D eigenvalue weighted by molar-refractivity contribution is -0.120. The number of hydrogen-bond donors (Lipinski definition) is 3. The summed E-state index contributed by atoms with van der Waals surface area (Å²) in [5, 5.41) is 12.7. The molecule has 0 radical (unpaired) electrons. The number of nitrogens with two attached hydrogens (primary N) is 1. The van der Waals surface area contributed by atoms with E-state index in [-0.39, 0.29) is 11.9 Å². The number of aliphatic hydroxyl groups is 1. The highest BCUT2D eigenvalue weighted by Crippen LogP contribution is 2.27. The third-order valence-electron chi connectivity index (χ3n) is 5.31. The number of fused-ring (bicyclic) bond motifs is 1. The zero-order valence-electron chi connectivity index (χ0n) is 20.7. The number of nitrogens with one attached hydrogen (secondary N) is 1. The van der Waals surface area contributed by atoms with Crippen LogP contribution >= 0.6 is 0 Å². The van der Waals surface area contributed by atoms with Gasteiger partial charge in [-0.2, -0.15) is 0 Å². The molecule has 1 aromatic carbocycles. The van der Waals surface area contributed by atoms with Crippen molar-refractivity contribution in [3.8, 4) is 11.8 Å². The summed E-state index contributed by atoms with van der Waals surface area (Å²) in [4.78, 5) is 31.4. The number of allylic oxidation sites excluding steroid dienone is 1. The highest BCUT2D eigenvalue weighted by atomic mass is 16.3. The van der Waals surface area contributed by atoms with Crippen LogP contribution < -0.4 is 16.0 Å². The molecule has 2 heterocycles. The molecule has 1 aliphatic heterocycles. The minimum absolute atomic E-state index is 0.0730. The molecular formula is C27H33N5O3. The maximum Gasteiger partial charge on any atom is 0.243 e. The van der Waals surface area contributed by atoms with Crippen LogP contribution in [-0.2, 0) is 22.4 Å². The fraction of sp³-hybridized carbons (Fsp3) is 0.333. The number of hydrogen-bond acceptors (Lipinski definition) is 6. The normalized spacial score (nSPS) is 15.9. The highest BCUT2D eigenvalue weighted by molar-refractivity contribution is 5.98. The van der Waals surface area contributed by atoms with E-state index in [1.807, 2.05) is 37.4 Å². The number of carbonyl (C=O) groups excluding carboxylic acids is 2. The summed E-state index contributed by atoms with van der Waals surface area (Å²) < 4.78 is 0. The molecule has 1 aromatic heterocycles. The number of aromatic nitrogens is 1. The number of likely N-dealkylation sites (N-methyl/N-ethyl adjacent to an activating group) is 2. The first-order valence-electron chi connectivity index (χ1n) is 11.3. The van der Waals surface area contributed by atoms with E-state index in [0.717, 1.165) is 40.8 Å². The Hall–Kier alpha value is -3.80. The molecule has 2 aromatic rings. The van der Waals surface area contributed by atoms with Gasteiger partial charge in [-0.3, -0.25) is 14.6 Å². The molecule has 4 N–H and O–H groups in total. The summed E-state index contributed by atoms with van der Waals surface area (Å²) in [6, 6.07) is 9.51. The minimum atomic E-state index is -1.02. The standard InChI is InChI=1S/C17H22N2O2.C10H11N3O/c1-17(2,21)10-9-12-5-6-13-7-8-14(18-3)16(20)19(4)15(13)11-12;11-6-10(7-13-8-14)5-9-1-3-12-4-2-9/h5-6,11,14,18,21H,7-8H2,1-4H3;1-4,6-8H,5,11H2/b;10-6-,13-7?. The smallest absolute Gasteiger partial charge is 0.243 e. The summed E-state index contributed by atoms with van der Waals surface area (Å²) in [5.74, 6) is 5.83. The van der Waals surface area contributed by atoms with Gasteiger partial charge in [-0.05, 0) is 80.9 Å². The molecule has 0 saturated carbocycles. The Morgan fingerprint density at radius 3 is 2.66 bits per heavy atom. The zero-order valence-corrected chi connectivity index (χ0v) is 20.7. The number of rotatable bonds is 5. The first kappa shape index (κ1) is 27.4. The second kappa shape index (κ2) is 13.2. The summed E-state index contributed by atoms with van der Waals surface area (Å²) in [5.41, 5.74) is 9.08. The second-order valence-electron chi connectivity index (χ2n) is 8.59. The van der Waals surface area contributed by atoms with Gasteiger partial charge in [0, 0.05) is 43.3 Å². The predicted molar refractivity (Wildman–Crippen MR) is 139 cm³/mol. The van der Waals surface area contributed by atoms with Crippen LogP contribution in [0.4, 0.5) is 5.69 Å². The van der Waals surface area contributed by atoms with Crippen LogP contribution in [0.2, 0.25) is 0 Å². The molecule has 1 atom stereocenters. The van der Waals surface area contributed by atoms with E-state index in [1.165, 1.54) is 12.4 Å². The van der Waals surface area contributed by atoms with Gasteiger partial charge < -0.3 is 21.1 Å². The molecule has 8 nitrogen and oxygen atoms in total. The van der Waals surface area contributed by atoms with Crippen molar-refractivity contribution >= 4 is 24.2 Å². The molecule has 8 heteroatoms. The van der Waals surface area contributed by atoms with Crippen molar-refractivity contribution in [2.24, 2.45) is 10.7 Å². The average Bonchev–Trinajstić information content (AvgIpc) is 2.97. The van der Waals surface area contributed by atoms with E-state index in [0.29, 0.717) is 12.8 Å². The van der Waals surface area contributed by atoms with Crippen LogP contribution in [0.3, 0.4) is 0 Å². The molecule has 1 aliphatic rings. The van der Waals surface area contributed by atoms with Crippen molar-refractivity contribution in [1.29, 1.82) is 0 Å². The second-order valence-corrected chi connectivity index (χ2v) is 8.59. The Morgan fingerprint density at radius 1 is 1.34 bits per heavy atom. The van der Waals surface area contributed by atoms with Crippen molar-refractivity contribution in [2.45, 2.75) is 44.8 Å². The molecule has 0 fully saturated rings. The fourth-order valence-electron chi connectivity index (χ4n) is 3.44. The van der Waals surface area contributed by atoms with Gasteiger partial charge in [0.15, 0.2) is 0 Å². The van der Waals surface area contributed by atoms with E-state index in [2.05, 4.69) is 27.1 Å². The summed E-state index contributed by atoms with van der Waals surface area (Å²) >= 11 is 0. The topological polar surface area (TPSA) is 121 Å². The van der Waals surface area contributed by atoms with E-state index in [4.69, 9.17) is 5.73 Å². The predicted octanol–water partition coefficient (Wildman–Crippen LogP) is 2.00. The number of amides is 2. The van der Waals surface area contributed by atoms with Crippen molar-refractivity contribution in [2.75, 3.05) is 19.0 Å². The number of anilines is 1. The third kappa shape index (κ3) is 8.81. The first-order valence-corrected chi connectivity index (χ1v) is 11.3. The Morgan fingerprint density at radius 2 is 2.06 bits per heavy atom. The van der Waals surface area contributed by atoms with Gasteiger partial charge in [-0.15, -0.1) is 0 Å². The zero-order chi connectivity index (χ0) is 25.8. The van der Waals surface area contributed by atoms with Gasteiger partial charge in [0.25, 0.3) is 0 Å². The SMILES string of the molecule is CNC1CCc2ccc(C#CC(C)(C)O)cc2N(C)C1=O.N/C=C(\C=NC=O)Cc1ccncc1. The van der Waals surface area contributed by atoms with E-state index >= 15 is 0 Å².